The van der Waals surface area contributed by atoms with E-state index < -0.39 is 11.1 Å². The highest BCUT2D eigenvalue weighted by molar-refractivity contribution is 8.18. The van der Waals surface area contributed by atoms with Crippen LogP contribution in [0.2, 0.25) is 0 Å². The third-order valence-electron chi connectivity index (χ3n) is 4.87. The number of carbonyl (C=O) groups is 3. The zero-order chi connectivity index (χ0) is 22.7. The van der Waals surface area contributed by atoms with Gasteiger partial charge in [-0.1, -0.05) is 12.1 Å². The van der Waals surface area contributed by atoms with E-state index >= 15 is 0 Å². The van der Waals surface area contributed by atoms with Crippen molar-refractivity contribution in [2.75, 3.05) is 13.1 Å². The Hall–Kier alpha value is -3.72. The predicted octanol–water partition coefficient (Wildman–Crippen LogP) is 3.79. The summed E-state index contributed by atoms with van der Waals surface area (Å²) in [7, 11) is 0. The number of aryl methyl sites for hydroxylation is 1. The molecule has 1 N–H and O–H groups in total. The summed E-state index contributed by atoms with van der Waals surface area (Å²) in [5.41, 5.74) is 2.91. The van der Waals surface area contributed by atoms with Crippen molar-refractivity contribution < 1.29 is 18.8 Å². The van der Waals surface area contributed by atoms with Crippen molar-refractivity contribution in [3.63, 3.8) is 0 Å². The summed E-state index contributed by atoms with van der Waals surface area (Å²) in [6.45, 7) is 2.12. The molecular formula is C23H19FN4O3S. The molecule has 1 saturated heterocycles. The highest BCUT2D eigenvalue weighted by Crippen LogP contribution is 2.31. The normalized spacial score (nSPS) is 14.9. The molecule has 0 bridgehead atoms. The van der Waals surface area contributed by atoms with E-state index in [1.807, 2.05) is 13.0 Å². The Balaban J connectivity index is 1.33. The molecule has 1 aliphatic heterocycles. The molecule has 7 nitrogen and oxygen atoms in total. The van der Waals surface area contributed by atoms with Crippen LogP contribution in [0.15, 0.2) is 65.7 Å². The maximum Gasteiger partial charge on any atom is 0.293 e. The van der Waals surface area contributed by atoms with Crippen molar-refractivity contribution in [1.82, 2.24) is 20.0 Å². The van der Waals surface area contributed by atoms with Gasteiger partial charge in [0.2, 0.25) is 0 Å². The van der Waals surface area contributed by atoms with Crippen molar-refractivity contribution >= 4 is 34.9 Å². The zero-order valence-electron chi connectivity index (χ0n) is 17.1. The Morgan fingerprint density at radius 2 is 1.81 bits per heavy atom. The molecular weight excluding hydrogens is 431 g/mol. The van der Waals surface area contributed by atoms with Crippen LogP contribution >= 0.6 is 11.8 Å². The Kier molecular flexibility index (Phi) is 6.18. The van der Waals surface area contributed by atoms with Gasteiger partial charge in [0.05, 0.1) is 10.6 Å². The minimum Gasteiger partial charge on any atom is -0.350 e. The average Bonchev–Trinajstić information content (AvgIpc) is 3.33. The van der Waals surface area contributed by atoms with Crippen molar-refractivity contribution in [2.24, 2.45) is 0 Å². The first-order valence-corrected chi connectivity index (χ1v) is 10.6. The van der Waals surface area contributed by atoms with Crippen LogP contribution < -0.4 is 5.32 Å². The number of amides is 3. The molecule has 2 aromatic carbocycles. The molecule has 1 aliphatic rings. The van der Waals surface area contributed by atoms with Gasteiger partial charge in [-0.05, 0) is 72.8 Å². The number of thioether (sulfide) groups is 1. The third-order valence-corrected chi connectivity index (χ3v) is 5.78. The SMILES string of the molecule is Cc1ccnn1-c1ccc(C(=O)NCCN2C(=O)S/C(=C\c3ccc(F)cc3)C2=O)cc1. The molecule has 0 atom stereocenters. The molecule has 1 aromatic heterocycles. The van der Waals surface area contributed by atoms with Gasteiger partial charge in [0.1, 0.15) is 5.82 Å². The van der Waals surface area contributed by atoms with Crippen LogP contribution in [0.3, 0.4) is 0 Å². The highest BCUT2D eigenvalue weighted by Gasteiger charge is 2.34. The van der Waals surface area contributed by atoms with Crippen molar-refractivity contribution in [2.45, 2.75) is 6.92 Å². The van der Waals surface area contributed by atoms with Gasteiger partial charge < -0.3 is 5.32 Å². The van der Waals surface area contributed by atoms with Crippen LogP contribution in [0, 0.1) is 12.7 Å². The lowest BCUT2D eigenvalue weighted by atomic mass is 10.2. The van der Waals surface area contributed by atoms with E-state index in [0.29, 0.717) is 11.1 Å². The van der Waals surface area contributed by atoms with E-state index in [4.69, 9.17) is 0 Å². The lowest BCUT2D eigenvalue weighted by Gasteiger charge is -2.13. The minimum atomic E-state index is -0.433. The molecule has 0 unspecified atom stereocenters. The largest absolute Gasteiger partial charge is 0.350 e. The molecule has 162 valence electrons. The minimum absolute atomic E-state index is 0.0573. The summed E-state index contributed by atoms with van der Waals surface area (Å²) in [6, 6.07) is 14.5. The Bertz CT molecular complexity index is 1200. The van der Waals surface area contributed by atoms with Gasteiger partial charge in [0.25, 0.3) is 17.1 Å². The topological polar surface area (TPSA) is 84.3 Å². The third kappa shape index (κ3) is 4.62. The predicted molar refractivity (Wildman–Crippen MR) is 120 cm³/mol. The van der Waals surface area contributed by atoms with E-state index in [1.165, 1.54) is 24.3 Å². The van der Waals surface area contributed by atoms with Crippen LogP contribution in [0.1, 0.15) is 21.6 Å². The van der Waals surface area contributed by atoms with Gasteiger partial charge in [-0.3, -0.25) is 19.3 Å². The van der Waals surface area contributed by atoms with Crippen molar-refractivity contribution in [1.29, 1.82) is 0 Å². The first-order valence-electron chi connectivity index (χ1n) is 9.82. The molecule has 32 heavy (non-hydrogen) atoms. The standard InChI is InChI=1S/C23H19FN4O3S/c1-15-10-11-26-28(15)19-8-4-17(5-9-19)21(29)25-12-13-27-22(30)20(32-23(27)31)14-16-2-6-18(24)7-3-16/h2-11,14H,12-13H2,1H3,(H,25,29)/b20-14-. The monoisotopic (exact) mass is 450 g/mol. The Morgan fingerprint density at radius 1 is 1.09 bits per heavy atom. The fourth-order valence-electron chi connectivity index (χ4n) is 3.18. The molecule has 0 aliphatic carbocycles. The fraction of sp³-hybridized carbons (Fsp3) is 0.130. The second-order valence-corrected chi connectivity index (χ2v) is 8.07. The van der Waals surface area contributed by atoms with Crippen LogP contribution in [0.4, 0.5) is 9.18 Å². The molecule has 3 aromatic rings. The molecule has 0 spiro atoms. The summed E-state index contributed by atoms with van der Waals surface area (Å²) in [4.78, 5) is 38.5. The number of hydrogen-bond acceptors (Lipinski definition) is 5. The van der Waals surface area contributed by atoms with E-state index in [9.17, 15) is 18.8 Å². The zero-order valence-corrected chi connectivity index (χ0v) is 17.9. The summed E-state index contributed by atoms with van der Waals surface area (Å²) in [5, 5.41) is 6.55. The van der Waals surface area contributed by atoms with Gasteiger partial charge >= 0.3 is 0 Å². The van der Waals surface area contributed by atoms with Crippen LogP contribution in [0.5, 0.6) is 0 Å². The first kappa shape index (κ1) is 21.5. The quantitative estimate of drug-likeness (QED) is 0.578. The molecule has 0 radical (unpaired) electrons. The fourth-order valence-corrected chi connectivity index (χ4v) is 4.05. The first-order chi connectivity index (χ1) is 15.4. The van der Waals surface area contributed by atoms with E-state index in [2.05, 4.69) is 10.4 Å². The van der Waals surface area contributed by atoms with E-state index in [0.717, 1.165) is 28.0 Å². The number of imide groups is 1. The number of aromatic nitrogens is 2. The number of nitrogens with one attached hydrogen (secondary N) is 1. The number of benzene rings is 2. The van der Waals surface area contributed by atoms with Crippen LogP contribution in [-0.2, 0) is 4.79 Å². The molecule has 2 heterocycles. The maximum atomic E-state index is 13.0. The number of nitrogens with zero attached hydrogens (tertiary/aromatic N) is 3. The van der Waals surface area contributed by atoms with Crippen LogP contribution in [0.25, 0.3) is 11.8 Å². The molecule has 4 rings (SSSR count). The molecule has 0 saturated carbocycles. The second kappa shape index (κ2) is 9.19. The van der Waals surface area contributed by atoms with Crippen molar-refractivity contribution in [3.8, 4) is 5.69 Å². The number of rotatable bonds is 6. The summed E-state index contributed by atoms with van der Waals surface area (Å²) in [5.74, 6) is -1.11. The number of hydrogen-bond donors (Lipinski definition) is 1. The van der Waals surface area contributed by atoms with Gasteiger partial charge in [-0.15, -0.1) is 0 Å². The maximum absolute atomic E-state index is 13.0. The van der Waals surface area contributed by atoms with E-state index in [-0.39, 0.29) is 29.7 Å². The average molecular weight is 450 g/mol. The summed E-state index contributed by atoms with van der Waals surface area (Å²) >= 11 is 0.821. The van der Waals surface area contributed by atoms with Gasteiger partial charge in [0, 0.05) is 30.5 Å². The van der Waals surface area contributed by atoms with Gasteiger partial charge in [-0.2, -0.15) is 5.10 Å². The van der Waals surface area contributed by atoms with Gasteiger partial charge in [0.15, 0.2) is 0 Å². The second-order valence-electron chi connectivity index (χ2n) is 7.07. The van der Waals surface area contributed by atoms with Crippen LogP contribution in [-0.4, -0.2) is 44.8 Å². The molecule has 3 amide bonds. The molecule has 1 fully saturated rings. The Labute approximate surface area is 187 Å². The Morgan fingerprint density at radius 3 is 2.47 bits per heavy atom. The van der Waals surface area contributed by atoms with Gasteiger partial charge in [-0.25, -0.2) is 9.07 Å². The summed E-state index contributed by atoms with van der Waals surface area (Å²) < 4.78 is 14.8. The highest BCUT2D eigenvalue weighted by atomic mass is 32.2. The van der Waals surface area contributed by atoms with E-state index in [1.54, 1.807) is 41.2 Å². The summed E-state index contributed by atoms with van der Waals surface area (Å²) in [6.07, 6.45) is 3.25. The van der Waals surface area contributed by atoms with Crippen molar-refractivity contribution in [3.05, 3.63) is 88.3 Å². The lowest BCUT2D eigenvalue weighted by molar-refractivity contribution is -0.122. The lowest BCUT2D eigenvalue weighted by Crippen LogP contribution is -2.37. The number of carbonyl (C=O) groups excluding carboxylic acids is 3. The number of halogens is 1. The smallest absolute Gasteiger partial charge is 0.293 e. The molecule has 9 heteroatoms.